The molecule has 2 aromatic rings. The largest absolute Gasteiger partial charge is 0.496 e. The van der Waals surface area contributed by atoms with Crippen LogP contribution in [0.5, 0.6) is 5.75 Å². The van der Waals surface area contributed by atoms with Crippen LogP contribution in [0.15, 0.2) is 29.6 Å². The lowest BCUT2D eigenvalue weighted by Gasteiger charge is -2.04. The summed E-state index contributed by atoms with van der Waals surface area (Å²) in [4.78, 5) is 15.1. The number of nitrogens with zero attached hydrogens (tertiary/aromatic N) is 1. The minimum Gasteiger partial charge on any atom is -0.496 e. The van der Waals surface area contributed by atoms with Crippen molar-refractivity contribution in [1.82, 2.24) is 4.98 Å². The van der Waals surface area contributed by atoms with E-state index in [9.17, 15) is 4.79 Å². The van der Waals surface area contributed by atoms with Gasteiger partial charge in [0.2, 0.25) is 0 Å². The molecule has 1 aromatic heterocycles. The van der Waals surface area contributed by atoms with Gasteiger partial charge in [-0.05, 0) is 23.7 Å². The van der Waals surface area contributed by atoms with Crippen molar-refractivity contribution in [2.24, 2.45) is 0 Å². The van der Waals surface area contributed by atoms with Crippen molar-refractivity contribution in [3.63, 3.8) is 0 Å². The van der Waals surface area contributed by atoms with Gasteiger partial charge in [-0.3, -0.25) is 4.79 Å². The molecule has 0 radical (unpaired) electrons. The van der Waals surface area contributed by atoms with Crippen LogP contribution >= 0.6 is 22.9 Å². The highest BCUT2D eigenvalue weighted by atomic mass is 35.5. The number of thiazole rings is 1. The minimum absolute atomic E-state index is 0.294. The van der Waals surface area contributed by atoms with Gasteiger partial charge in [0.1, 0.15) is 5.75 Å². The van der Waals surface area contributed by atoms with E-state index in [1.54, 1.807) is 12.5 Å². The molecule has 0 saturated carbocycles. The van der Waals surface area contributed by atoms with Crippen molar-refractivity contribution < 1.29 is 9.53 Å². The zero-order chi connectivity index (χ0) is 11.5. The fourth-order valence-corrected chi connectivity index (χ4v) is 2.17. The summed E-state index contributed by atoms with van der Waals surface area (Å²) in [6.07, 6.45) is 0. The van der Waals surface area contributed by atoms with Gasteiger partial charge in [-0.1, -0.05) is 12.1 Å². The second-order valence-electron chi connectivity index (χ2n) is 3.01. The second-order valence-corrected chi connectivity index (χ2v) is 4.21. The molecular weight excluding hydrogens is 246 g/mol. The highest BCUT2D eigenvalue weighted by Crippen LogP contribution is 2.30. The normalized spacial score (nSPS) is 10.1. The van der Waals surface area contributed by atoms with E-state index >= 15 is 0 Å². The molecule has 16 heavy (non-hydrogen) atoms. The van der Waals surface area contributed by atoms with E-state index in [0.717, 1.165) is 11.3 Å². The van der Waals surface area contributed by atoms with Crippen LogP contribution in [0.25, 0.3) is 11.3 Å². The predicted octanol–water partition coefficient (Wildman–Crippen LogP) is 3.20. The van der Waals surface area contributed by atoms with Crippen molar-refractivity contribution in [2.75, 3.05) is 7.11 Å². The molecule has 0 aliphatic rings. The Balaban J connectivity index is 2.46. The number of methoxy groups -OCH3 is 1. The third-order valence-electron chi connectivity index (χ3n) is 2.06. The predicted molar refractivity (Wildman–Crippen MR) is 64.3 cm³/mol. The molecule has 82 valence electrons. The first-order chi connectivity index (χ1) is 7.72. The number of benzene rings is 1. The molecule has 0 unspecified atom stereocenters. The average Bonchev–Trinajstić information content (AvgIpc) is 2.78. The molecule has 0 bridgehead atoms. The Morgan fingerprint density at radius 1 is 1.44 bits per heavy atom. The van der Waals surface area contributed by atoms with Crippen molar-refractivity contribution >= 4 is 28.2 Å². The van der Waals surface area contributed by atoms with Gasteiger partial charge in [0.25, 0.3) is 5.24 Å². The molecule has 0 aliphatic carbocycles. The van der Waals surface area contributed by atoms with Crippen molar-refractivity contribution in [3.05, 3.63) is 34.7 Å². The number of aromatic nitrogens is 1. The number of carbonyl (C=O) groups excluding carboxylic acids is 1. The lowest BCUT2D eigenvalue weighted by Crippen LogP contribution is -1.89. The third-order valence-corrected chi connectivity index (χ3v) is 3.19. The molecular formula is C11H8ClNO2S. The van der Waals surface area contributed by atoms with Gasteiger partial charge in [-0.15, -0.1) is 11.3 Å². The van der Waals surface area contributed by atoms with Gasteiger partial charge >= 0.3 is 0 Å². The van der Waals surface area contributed by atoms with Gasteiger partial charge in [0, 0.05) is 10.9 Å². The van der Waals surface area contributed by atoms with E-state index in [4.69, 9.17) is 16.3 Å². The molecule has 3 nitrogen and oxygen atoms in total. The molecule has 5 heteroatoms. The summed E-state index contributed by atoms with van der Waals surface area (Å²) < 4.78 is 5.22. The Morgan fingerprint density at radius 3 is 2.81 bits per heavy atom. The maximum atomic E-state index is 10.9. The highest BCUT2D eigenvalue weighted by molar-refractivity contribution is 7.13. The van der Waals surface area contributed by atoms with Crippen LogP contribution in [0.1, 0.15) is 9.80 Å². The Kier molecular flexibility index (Phi) is 3.22. The summed E-state index contributed by atoms with van der Waals surface area (Å²) in [6, 6.07) is 7.49. The average molecular weight is 254 g/mol. The van der Waals surface area contributed by atoms with Crippen LogP contribution in [0.3, 0.4) is 0 Å². The van der Waals surface area contributed by atoms with Crippen LogP contribution < -0.4 is 4.74 Å². The zero-order valence-corrected chi connectivity index (χ0v) is 10.0. The molecule has 2 rings (SSSR count). The molecule has 1 heterocycles. The van der Waals surface area contributed by atoms with Gasteiger partial charge in [0.05, 0.1) is 12.8 Å². The Hall–Kier alpha value is -1.39. The number of halogens is 1. The molecule has 0 atom stereocenters. The maximum absolute atomic E-state index is 10.9. The number of rotatable bonds is 3. The van der Waals surface area contributed by atoms with Crippen LogP contribution in [0.4, 0.5) is 0 Å². The number of hydrogen-bond donors (Lipinski definition) is 0. The SMILES string of the molecule is COc1ccccc1-c1csc(C(=O)Cl)n1. The highest BCUT2D eigenvalue weighted by Gasteiger charge is 2.12. The lowest BCUT2D eigenvalue weighted by atomic mass is 10.1. The zero-order valence-electron chi connectivity index (χ0n) is 8.44. The summed E-state index contributed by atoms with van der Waals surface area (Å²) in [5.41, 5.74) is 1.55. The first kappa shape index (κ1) is 11.1. The van der Waals surface area contributed by atoms with Gasteiger partial charge in [-0.2, -0.15) is 0 Å². The fraction of sp³-hybridized carbons (Fsp3) is 0.0909. The first-order valence-corrected chi connectivity index (χ1v) is 5.77. The second kappa shape index (κ2) is 4.63. The summed E-state index contributed by atoms with van der Waals surface area (Å²) in [5.74, 6) is 0.723. The third kappa shape index (κ3) is 2.08. The summed E-state index contributed by atoms with van der Waals surface area (Å²) in [5, 5.41) is 1.54. The molecule has 0 saturated heterocycles. The Bertz CT molecular complexity index is 524. The number of para-hydroxylation sites is 1. The van der Waals surface area contributed by atoms with Crippen LogP contribution in [0, 0.1) is 0 Å². The monoisotopic (exact) mass is 253 g/mol. The van der Waals surface area contributed by atoms with Crippen LogP contribution in [-0.4, -0.2) is 17.3 Å². The number of ether oxygens (including phenoxy) is 1. The van der Waals surface area contributed by atoms with Gasteiger partial charge < -0.3 is 4.74 Å². The van der Waals surface area contributed by atoms with Crippen LogP contribution in [0.2, 0.25) is 0 Å². The van der Waals surface area contributed by atoms with E-state index in [-0.39, 0.29) is 0 Å². The molecule has 0 fully saturated rings. The summed E-state index contributed by atoms with van der Waals surface area (Å²) in [6.45, 7) is 0. The van der Waals surface area contributed by atoms with E-state index in [1.165, 1.54) is 11.3 Å². The minimum atomic E-state index is -0.536. The van der Waals surface area contributed by atoms with E-state index in [0.29, 0.717) is 10.7 Å². The standard InChI is InChI=1S/C11H8ClNO2S/c1-15-9-5-3-2-4-7(9)8-6-16-11(13-8)10(12)14/h2-6H,1H3. The van der Waals surface area contributed by atoms with Crippen molar-refractivity contribution in [1.29, 1.82) is 0 Å². The molecule has 0 spiro atoms. The van der Waals surface area contributed by atoms with Crippen LogP contribution in [-0.2, 0) is 0 Å². The van der Waals surface area contributed by atoms with E-state index in [1.807, 2.05) is 24.3 Å². The van der Waals surface area contributed by atoms with Crippen molar-refractivity contribution in [3.8, 4) is 17.0 Å². The Morgan fingerprint density at radius 2 is 2.19 bits per heavy atom. The number of hydrogen-bond acceptors (Lipinski definition) is 4. The Labute approximate surface area is 102 Å². The van der Waals surface area contributed by atoms with Gasteiger partial charge in [-0.25, -0.2) is 4.98 Å². The lowest BCUT2D eigenvalue weighted by molar-refractivity contribution is 0.108. The molecule has 0 N–H and O–H groups in total. The number of carbonyl (C=O) groups is 1. The molecule has 0 amide bonds. The fourth-order valence-electron chi connectivity index (χ4n) is 1.34. The molecule has 0 aliphatic heterocycles. The van der Waals surface area contributed by atoms with E-state index < -0.39 is 5.24 Å². The quantitative estimate of drug-likeness (QED) is 0.789. The van der Waals surface area contributed by atoms with Gasteiger partial charge in [0.15, 0.2) is 5.01 Å². The van der Waals surface area contributed by atoms with E-state index in [2.05, 4.69) is 4.98 Å². The molecule has 1 aromatic carbocycles. The summed E-state index contributed by atoms with van der Waals surface area (Å²) in [7, 11) is 1.60. The first-order valence-electron chi connectivity index (χ1n) is 4.51. The smallest absolute Gasteiger partial charge is 0.281 e. The summed E-state index contributed by atoms with van der Waals surface area (Å²) >= 11 is 6.58. The topological polar surface area (TPSA) is 39.2 Å². The maximum Gasteiger partial charge on any atom is 0.281 e. The van der Waals surface area contributed by atoms with Crippen molar-refractivity contribution in [2.45, 2.75) is 0 Å².